The molecule has 0 saturated carbocycles. The van der Waals surface area contributed by atoms with Gasteiger partial charge in [0.25, 0.3) is 15.9 Å². The van der Waals surface area contributed by atoms with Crippen molar-refractivity contribution >= 4 is 27.6 Å². The van der Waals surface area contributed by atoms with Crippen molar-refractivity contribution in [3.05, 3.63) is 54.1 Å². The van der Waals surface area contributed by atoms with E-state index >= 15 is 0 Å². The number of sulfonamides is 1. The van der Waals surface area contributed by atoms with Crippen molar-refractivity contribution in [2.45, 2.75) is 17.4 Å². The van der Waals surface area contributed by atoms with Crippen LogP contribution < -0.4 is 20.1 Å². The first-order chi connectivity index (χ1) is 12.2. The van der Waals surface area contributed by atoms with E-state index in [0.29, 0.717) is 11.3 Å². The highest BCUT2D eigenvalue weighted by Gasteiger charge is 2.43. The number of imide groups is 1. The molecule has 2 aromatic carbocycles. The Balaban J connectivity index is 1.88. The van der Waals surface area contributed by atoms with Crippen molar-refractivity contribution in [2.75, 3.05) is 11.8 Å². The standard InChI is InChI=1S/C17H17N3O5S/c1-17(15(21)18-16(22)19-17)11-4-3-5-12(10-11)20-26(23,24)14-8-6-13(25-2)7-9-14/h3-10,20H,1-2H3,(H2,18,19,21,22). The number of nitrogens with one attached hydrogen (secondary N) is 3. The fourth-order valence-corrected chi connectivity index (χ4v) is 3.66. The van der Waals surface area contributed by atoms with Crippen LogP contribution in [0.4, 0.5) is 10.5 Å². The summed E-state index contributed by atoms with van der Waals surface area (Å²) in [5, 5.41) is 4.71. The van der Waals surface area contributed by atoms with Gasteiger partial charge in [0.15, 0.2) is 0 Å². The zero-order valence-electron chi connectivity index (χ0n) is 14.1. The molecule has 3 amide bonds. The summed E-state index contributed by atoms with van der Waals surface area (Å²) in [4.78, 5) is 23.5. The number of urea groups is 1. The van der Waals surface area contributed by atoms with Gasteiger partial charge in [-0.25, -0.2) is 13.2 Å². The summed E-state index contributed by atoms with van der Waals surface area (Å²) in [5.41, 5.74) is -0.539. The van der Waals surface area contributed by atoms with Gasteiger partial charge in [-0.05, 0) is 48.9 Å². The Bertz CT molecular complexity index is 972. The normalized spacial score (nSPS) is 19.6. The summed E-state index contributed by atoms with van der Waals surface area (Å²) in [6, 6.07) is 11.7. The van der Waals surface area contributed by atoms with E-state index in [4.69, 9.17) is 4.74 Å². The quantitative estimate of drug-likeness (QED) is 0.686. The molecule has 9 heteroatoms. The van der Waals surface area contributed by atoms with Crippen molar-refractivity contribution in [2.24, 2.45) is 0 Å². The molecule has 26 heavy (non-hydrogen) atoms. The average molecular weight is 375 g/mol. The molecule has 3 N–H and O–H groups in total. The molecule has 136 valence electrons. The Hall–Kier alpha value is -3.07. The van der Waals surface area contributed by atoms with Gasteiger partial charge in [0.1, 0.15) is 11.3 Å². The third-order valence-corrected chi connectivity index (χ3v) is 5.50. The molecule has 0 spiro atoms. The molecule has 1 aliphatic rings. The topological polar surface area (TPSA) is 114 Å². The number of carbonyl (C=O) groups is 2. The lowest BCUT2D eigenvalue weighted by molar-refractivity contribution is -0.123. The van der Waals surface area contributed by atoms with Gasteiger partial charge in [0.2, 0.25) is 0 Å². The lowest BCUT2D eigenvalue weighted by Gasteiger charge is -2.21. The summed E-state index contributed by atoms with van der Waals surface area (Å²) in [7, 11) is -2.32. The minimum absolute atomic E-state index is 0.0711. The summed E-state index contributed by atoms with van der Waals surface area (Å²) in [6.45, 7) is 1.55. The average Bonchev–Trinajstić information content (AvgIpc) is 2.88. The molecule has 1 fully saturated rings. The molecule has 0 bridgehead atoms. The van der Waals surface area contributed by atoms with Crippen molar-refractivity contribution < 1.29 is 22.7 Å². The van der Waals surface area contributed by atoms with Crippen molar-refractivity contribution in [1.29, 1.82) is 0 Å². The van der Waals surface area contributed by atoms with E-state index in [9.17, 15) is 18.0 Å². The molecule has 8 nitrogen and oxygen atoms in total. The summed E-state index contributed by atoms with van der Waals surface area (Å²) < 4.78 is 32.5. The molecule has 0 aromatic heterocycles. The van der Waals surface area contributed by atoms with Crippen molar-refractivity contribution in [3.63, 3.8) is 0 Å². The van der Waals surface area contributed by atoms with Crippen LogP contribution in [0.15, 0.2) is 53.4 Å². The monoisotopic (exact) mass is 375 g/mol. The molecule has 2 aromatic rings. The van der Waals surface area contributed by atoms with Crippen LogP contribution in [0.3, 0.4) is 0 Å². The lowest BCUT2D eigenvalue weighted by atomic mass is 9.92. The van der Waals surface area contributed by atoms with E-state index in [1.54, 1.807) is 37.3 Å². The maximum atomic E-state index is 12.5. The maximum absolute atomic E-state index is 12.5. The second-order valence-electron chi connectivity index (χ2n) is 5.90. The van der Waals surface area contributed by atoms with Crippen LogP contribution in [0.1, 0.15) is 12.5 Å². The molecule has 1 aliphatic heterocycles. The number of anilines is 1. The highest BCUT2D eigenvalue weighted by molar-refractivity contribution is 7.92. The summed E-state index contributed by atoms with van der Waals surface area (Å²) in [5.74, 6) is 0.0412. The van der Waals surface area contributed by atoms with Crippen LogP contribution in [-0.2, 0) is 20.4 Å². The Morgan fingerprint density at radius 3 is 2.35 bits per heavy atom. The number of hydrogen-bond acceptors (Lipinski definition) is 5. The highest BCUT2D eigenvalue weighted by Crippen LogP contribution is 2.27. The van der Waals surface area contributed by atoms with Crippen LogP contribution in [0, 0.1) is 0 Å². The van der Waals surface area contributed by atoms with Gasteiger partial charge < -0.3 is 10.1 Å². The minimum atomic E-state index is -3.82. The van der Waals surface area contributed by atoms with E-state index < -0.39 is 27.5 Å². The SMILES string of the molecule is COc1ccc(S(=O)(=O)Nc2cccc(C3(C)NC(=O)NC3=O)c2)cc1. The molecular weight excluding hydrogens is 358 g/mol. The van der Waals surface area contributed by atoms with E-state index in [2.05, 4.69) is 15.4 Å². The van der Waals surface area contributed by atoms with Gasteiger partial charge >= 0.3 is 6.03 Å². The van der Waals surface area contributed by atoms with Crippen LogP contribution in [0.5, 0.6) is 5.75 Å². The summed E-state index contributed by atoms with van der Waals surface area (Å²) >= 11 is 0. The number of methoxy groups -OCH3 is 1. The van der Waals surface area contributed by atoms with Gasteiger partial charge in [-0.3, -0.25) is 14.8 Å². The summed E-state index contributed by atoms with van der Waals surface area (Å²) in [6.07, 6.45) is 0. The first-order valence-electron chi connectivity index (χ1n) is 7.65. The van der Waals surface area contributed by atoms with Gasteiger partial charge in [-0.2, -0.15) is 0 Å². The van der Waals surface area contributed by atoms with Crippen LogP contribution in [0.2, 0.25) is 0 Å². The van der Waals surface area contributed by atoms with E-state index in [0.717, 1.165) is 0 Å². The molecule has 0 radical (unpaired) electrons. The molecule has 1 saturated heterocycles. The zero-order chi connectivity index (χ0) is 18.9. The fourth-order valence-electron chi connectivity index (χ4n) is 2.61. The Morgan fingerprint density at radius 1 is 1.08 bits per heavy atom. The zero-order valence-corrected chi connectivity index (χ0v) is 14.9. The van der Waals surface area contributed by atoms with E-state index in [1.165, 1.54) is 25.3 Å². The van der Waals surface area contributed by atoms with E-state index in [1.807, 2.05) is 0 Å². The van der Waals surface area contributed by atoms with Gasteiger partial charge in [-0.15, -0.1) is 0 Å². The van der Waals surface area contributed by atoms with Crippen LogP contribution >= 0.6 is 0 Å². The second-order valence-corrected chi connectivity index (χ2v) is 7.58. The molecule has 1 unspecified atom stereocenters. The largest absolute Gasteiger partial charge is 0.497 e. The van der Waals surface area contributed by atoms with Crippen molar-refractivity contribution in [1.82, 2.24) is 10.6 Å². The predicted molar refractivity (Wildman–Crippen MR) is 94.3 cm³/mol. The number of rotatable bonds is 5. The Labute approximate surface area is 150 Å². The first kappa shape index (κ1) is 17.7. The van der Waals surface area contributed by atoms with Gasteiger partial charge in [0.05, 0.1) is 12.0 Å². The van der Waals surface area contributed by atoms with Crippen molar-refractivity contribution in [3.8, 4) is 5.75 Å². The highest BCUT2D eigenvalue weighted by atomic mass is 32.2. The molecule has 3 rings (SSSR count). The third kappa shape index (κ3) is 3.21. The van der Waals surface area contributed by atoms with Crippen LogP contribution in [-0.4, -0.2) is 27.5 Å². The number of hydrogen-bond donors (Lipinski definition) is 3. The minimum Gasteiger partial charge on any atom is -0.497 e. The van der Waals surface area contributed by atoms with Gasteiger partial charge in [0, 0.05) is 5.69 Å². The number of carbonyl (C=O) groups excluding carboxylic acids is 2. The molecule has 0 aliphatic carbocycles. The predicted octanol–water partition coefficient (Wildman–Crippen LogP) is 1.55. The Morgan fingerprint density at radius 2 is 1.77 bits per heavy atom. The van der Waals surface area contributed by atoms with E-state index in [-0.39, 0.29) is 10.6 Å². The number of benzene rings is 2. The van der Waals surface area contributed by atoms with Gasteiger partial charge in [-0.1, -0.05) is 12.1 Å². The third-order valence-electron chi connectivity index (χ3n) is 4.11. The first-order valence-corrected chi connectivity index (χ1v) is 9.14. The Kier molecular flexibility index (Phi) is 4.33. The fraction of sp³-hybridized carbons (Fsp3) is 0.176. The molecular formula is C17H17N3O5S. The second kappa shape index (κ2) is 6.34. The number of ether oxygens (including phenoxy) is 1. The molecule has 1 atom stereocenters. The smallest absolute Gasteiger partial charge is 0.322 e. The lowest BCUT2D eigenvalue weighted by Crippen LogP contribution is -2.40. The maximum Gasteiger partial charge on any atom is 0.322 e. The number of amides is 3. The molecule has 1 heterocycles. The van der Waals surface area contributed by atoms with Crippen LogP contribution in [0.25, 0.3) is 0 Å².